The van der Waals surface area contributed by atoms with E-state index in [1.165, 1.54) is 27.8 Å². The number of ether oxygens (including phenoxy) is 2. The van der Waals surface area contributed by atoms with Crippen LogP contribution in [0.3, 0.4) is 0 Å². The number of nitrogens with zero attached hydrogens (tertiary/aromatic N) is 1. The minimum atomic E-state index is -0.678. The summed E-state index contributed by atoms with van der Waals surface area (Å²) in [6.45, 7) is 11.6. The first-order chi connectivity index (χ1) is 16.7. The third-order valence-corrected chi connectivity index (χ3v) is 7.15. The lowest BCUT2D eigenvalue weighted by Gasteiger charge is -2.40. The van der Waals surface area contributed by atoms with Crippen LogP contribution in [0.4, 0.5) is 0 Å². The van der Waals surface area contributed by atoms with Gasteiger partial charge in [0.2, 0.25) is 0 Å². The predicted molar refractivity (Wildman–Crippen MR) is 140 cm³/mol. The van der Waals surface area contributed by atoms with E-state index in [1.54, 1.807) is 7.11 Å². The maximum Gasteiger partial charge on any atom is 0.309 e. The largest absolute Gasteiger partial charge is 0.496 e. The summed E-state index contributed by atoms with van der Waals surface area (Å²) in [4.78, 5) is 13.5. The highest BCUT2D eigenvalue weighted by atomic mass is 16.5. The van der Waals surface area contributed by atoms with Gasteiger partial charge in [0.1, 0.15) is 18.1 Å². The molecule has 0 amide bonds. The van der Waals surface area contributed by atoms with Crippen molar-refractivity contribution in [3.63, 3.8) is 0 Å². The maximum atomic E-state index is 11.2. The van der Waals surface area contributed by atoms with Crippen molar-refractivity contribution in [1.29, 1.82) is 0 Å². The summed E-state index contributed by atoms with van der Waals surface area (Å²) in [6.07, 6.45) is 4.14. The van der Waals surface area contributed by atoms with E-state index in [-0.39, 0.29) is 11.3 Å². The van der Waals surface area contributed by atoms with Gasteiger partial charge in [-0.25, -0.2) is 0 Å². The molecule has 1 aliphatic carbocycles. The Hall–Kier alpha value is -2.79. The molecule has 2 aromatic carbocycles. The summed E-state index contributed by atoms with van der Waals surface area (Å²) in [5.41, 5.74) is 7.83. The topological polar surface area (TPSA) is 59.0 Å². The number of benzene rings is 2. The van der Waals surface area contributed by atoms with E-state index in [1.807, 2.05) is 0 Å². The van der Waals surface area contributed by atoms with Crippen LogP contribution in [0.1, 0.15) is 62.8 Å². The van der Waals surface area contributed by atoms with Crippen LogP contribution >= 0.6 is 0 Å². The number of carboxylic acid groups (broad SMARTS) is 1. The normalized spacial score (nSPS) is 16.6. The molecule has 1 saturated heterocycles. The second-order valence-electron chi connectivity index (χ2n) is 11.0. The molecule has 4 rings (SSSR count). The number of methoxy groups -OCH3 is 1. The first-order valence-electron chi connectivity index (χ1n) is 12.8. The zero-order valence-corrected chi connectivity index (χ0v) is 21.8. The molecule has 2 aromatic rings. The van der Waals surface area contributed by atoms with Crippen LogP contribution in [0.15, 0.2) is 42.0 Å². The van der Waals surface area contributed by atoms with Crippen LogP contribution in [0.25, 0.3) is 5.57 Å². The molecule has 5 heteroatoms. The molecule has 1 fully saturated rings. The summed E-state index contributed by atoms with van der Waals surface area (Å²) < 4.78 is 11.8. The number of hydrogen-bond acceptors (Lipinski definition) is 4. The van der Waals surface area contributed by atoms with Crippen molar-refractivity contribution in [2.75, 3.05) is 26.7 Å². The van der Waals surface area contributed by atoms with Gasteiger partial charge in [-0.1, -0.05) is 57.9 Å². The van der Waals surface area contributed by atoms with E-state index in [0.717, 1.165) is 49.3 Å². The van der Waals surface area contributed by atoms with Gasteiger partial charge in [0, 0.05) is 25.2 Å². The molecule has 0 radical (unpaired) electrons. The summed E-state index contributed by atoms with van der Waals surface area (Å²) in [5.74, 6) is 0.868. The van der Waals surface area contributed by atoms with Crippen LogP contribution in [0.5, 0.6) is 11.5 Å². The van der Waals surface area contributed by atoms with Crippen LogP contribution in [-0.2, 0) is 24.2 Å². The fraction of sp³-hybridized carbons (Fsp3) is 0.500. The number of rotatable bonds is 9. The van der Waals surface area contributed by atoms with Crippen LogP contribution in [-0.4, -0.2) is 42.7 Å². The van der Waals surface area contributed by atoms with Crippen molar-refractivity contribution < 1.29 is 19.4 Å². The van der Waals surface area contributed by atoms with E-state index in [0.29, 0.717) is 19.7 Å². The van der Waals surface area contributed by atoms with Crippen molar-refractivity contribution in [3.8, 4) is 11.5 Å². The molecular weight excluding hydrogens is 438 g/mol. The van der Waals surface area contributed by atoms with Crippen molar-refractivity contribution in [1.82, 2.24) is 4.90 Å². The van der Waals surface area contributed by atoms with Gasteiger partial charge < -0.3 is 14.6 Å². The number of hydrogen-bond donors (Lipinski definition) is 1. The van der Waals surface area contributed by atoms with Crippen molar-refractivity contribution in [2.24, 2.45) is 11.3 Å². The Morgan fingerprint density at radius 2 is 1.89 bits per heavy atom. The Balaban J connectivity index is 1.51. The van der Waals surface area contributed by atoms with Gasteiger partial charge in [-0.15, -0.1) is 0 Å². The Morgan fingerprint density at radius 3 is 2.54 bits per heavy atom. The molecule has 0 atom stereocenters. The molecule has 35 heavy (non-hydrogen) atoms. The van der Waals surface area contributed by atoms with Crippen LogP contribution in [0.2, 0.25) is 0 Å². The molecule has 188 valence electrons. The maximum absolute atomic E-state index is 11.2. The third kappa shape index (κ3) is 5.72. The first kappa shape index (κ1) is 25.3. The van der Waals surface area contributed by atoms with Gasteiger partial charge in [0.05, 0.1) is 13.0 Å². The molecule has 0 saturated carbocycles. The number of fused-ring (bicyclic) bond motifs is 1. The average Bonchev–Trinajstić information content (AvgIpc) is 2.78. The van der Waals surface area contributed by atoms with Crippen LogP contribution < -0.4 is 9.47 Å². The number of aryl methyl sites for hydroxylation is 2. The second kappa shape index (κ2) is 10.4. The summed E-state index contributed by atoms with van der Waals surface area (Å²) in [6, 6.07) is 12.9. The monoisotopic (exact) mass is 477 g/mol. The molecule has 0 aromatic heterocycles. The molecule has 1 N–H and O–H groups in total. The highest BCUT2D eigenvalue weighted by molar-refractivity contribution is 5.77. The highest BCUT2D eigenvalue weighted by Crippen LogP contribution is 2.44. The van der Waals surface area contributed by atoms with Gasteiger partial charge in [0.25, 0.3) is 0 Å². The Bertz CT molecular complexity index is 1110. The van der Waals surface area contributed by atoms with Crippen molar-refractivity contribution in [3.05, 3.63) is 64.2 Å². The van der Waals surface area contributed by atoms with E-state index < -0.39 is 5.97 Å². The van der Waals surface area contributed by atoms with E-state index in [2.05, 4.69) is 69.0 Å². The number of allylic oxidation sites excluding steroid dienone is 1. The smallest absolute Gasteiger partial charge is 0.309 e. The van der Waals surface area contributed by atoms with E-state index >= 15 is 0 Å². The average molecular weight is 478 g/mol. The molecule has 2 aliphatic rings. The Labute approximate surface area is 209 Å². The quantitative estimate of drug-likeness (QED) is 0.481. The third-order valence-electron chi connectivity index (χ3n) is 7.15. The molecule has 0 bridgehead atoms. The molecule has 1 heterocycles. The fourth-order valence-electron chi connectivity index (χ4n) is 5.44. The van der Waals surface area contributed by atoms with Gasteiger partial charge >= 0.3 is 5.97 Å². The summed E-state index contributed by atoms with van der Waals surface area (Å²) >= 11 is 0. The van der Waals surface area contributed by atoms with Crippen molar-refractivity contribution >= 4 is 11.5 Å². The molecule has 0 spiro atoms. The SMILES string of the molecule is CCCc1ccc(COc2ccc3c(c2)CCC(CN2CC(C(=O)O)C2)=C3C(C)(C)C)c(OC)c1. The number of aliphatic carboxylic acids is 1. The van der Waals surface area contributed by atoms with Gasteiger partial charge in [-0.2, -0.15) is 0 Å². The van der Waals surface area contributed by atoms with Gasteiger partial charge in [0.15, 0.2) is 0 Å². The predicted octanol–water partition coefficient (Wildman–Crippen LogP) is 5.99. The minimum Gasteiger partial charge on any atom is -0.496 e. The number of carbonyl (C=O) groups is 1. The highest BCUT2D eigenvalue weighted by Gasteiger charge is 2.35. The number of carboxylic acids is 1. The fourth-order valence-corrected chi connectivity index (χ4v) is 5.44. The lowest BCUT2D eigenvalue weighted by molar-refractivity contribution is -0.147. The Morgan fingerprint density at radius 1 is 1.11 bits per heavy atom. The molecule has 1 aliphatic heterocycles. The van der Waals surface area contributed by atoms with Gasteiger partial charge in [-0.3, -0.25) is 9.69 Å². The standard InChI is InChI=1S/C30H39NO4/c1-6-7-20-8-9-23(27(14-20)34-5)19-35-25-12-13-26-21(15-25)10-11-22(28(26)30(2,3)4)16-31-17-24(18-31)29(32)33/h8-9,12-15,24H,6-7,10-11,16-19H2,1-5H3,(H,32,33). The lowest BCUT2D eigenvalue weighted by Crippen LogP contribution is -2.51. The van der Waals surface area contributed by atoms with Crippen LogP contribution in [0, 0.1) is 11.3 Å². The van der Waals surface area contributed by atoms with E-state index in [9.17, 15) is 9.90 Å². The minimum absolute atomic E-state index is 0.0115. The summed E-state index contributed by atoms with van der Waals surface area (Å²) in [7, 11) is 1.72. The molecular formula is C30H39NO4. The van der Waals surface area contributed by atoms with Crippen molar-refractivity contribution in [2.45, 2.75) is 60.0 Å². The lowest BCUT2D eigenvalue weighted by atomic mass is 9.73. The zero-order chi connectivity index (χ0) is 25.2. The Kier molecular flexibility index (Phi) is 7.56. The summed E-state index contributed by atoms with van der Waals surface area (Å²) in [5, 5.41) is 9.22. The molecule has 5 nitrogen and oxygen atoms in total. The van der Waals surface area contributed by atoms with E-state index in [4.69, 9.17) is 9.47 Å². The molecule has 0 unspecified atom stereocenters. The number of likely N-dealkylation sites (tertiary alicyclic amines) is 1. The zero-order valence-electron chi connectivity index (χ0n) is 21.8. The first-order valence-corrected chi connectivity index (χ1v) is 12.8. The second-order valence-corrected chi connectivity index (χ2v) is 11.0. The van der Waals surface area contributed by atoms with Gasteiger partial charge in [-0.05, 0) is 65.1 Å².